The summed E-state index contributed by atoms with van der Waals surface area (Å²) in [6.07, 6.45) is 1.86. The van der Waals surface area contributed by atoms with Gasteiger partial charge in [-0.15, -0.1) is 11.3 Å². The lowest BCUT2D eigenvalue weighted by Crippen LogP contribution is -2.22. The Labute approximate surface area is 144 Å². The highest BCUT2D eigenvalue weighted by atomic mass is 35.5. The minimum atomic E-state index is -0.00986. The van der Waals surface area contributed by atoms with Crippen molar-refractivity contribution in [3.05, 3.63) is 64.1 Å². The van der Waals surface area contributed by atoms with Crippen LogP contribution in [0.2, 0.25) is 5.02 Å². The molecule has 3 rings (SSSR count). The van der Waals surface area contributed by atoms with Crippen LogP contribution in [0.5, 0.6) is 0 Å². The smallest absolute Gasteiger partial charge is 0.0945 e. The number of hydrogen-bond acceptors (Lipinski definition) is 4. The summed E-state index contributed by atoms with van der Waals surface area (Å²) in [5, 5.41) is 13.5. The van der Waals surface area contributed by atoms with Crippen LogP contribution in [0.25, 0.3) is 10.6 Å². The van der Waals surface area contributed by atoms with Gasteiger partial charge in [-0.25, -0.2) is 0 Å². The highest BCUT2D eigenvalue weighted by Crippen LogP contribution is 2.26. The molecule has 1 unspecified atom stereocenters. The molecule has 4 nitrogen and oxygen atoms in total. The van der Waals surface area contributed by atoms with Gasteiger partial charge in [0.05, 0.1) is 22.9 Å². The third-order valence-corrected chi connectivity index (χ3v) is 4.80. The van der Waals surface area contributed by atoms with E-state index in [0.29, 0.717) is 6.54 Å². The van der Waals surface area contributed by atoms with Gasteiger partial charge in [-0.2, -0.15) is 5.10 Å². The molecule has 0 fully saturated rings. The van der Waals surface area contributed by atoms with Crippen molar-refractivity contribution in [1.82, 2.24) is 15.5 Å². The Bertz CT molecular complexity index is 725. The van der Waals surface area contributed by atoms with Crippen molar-refractivity contribution in [3.63, 3.8) is 0 Å². The molecule has 120 valence electrons. The van der Waals surface area contributed by atoms with Gasteiger partial charge in [-0.3, -0.25) is 5.10 Å². The van der Waals surface area contributed by atoms with Crippen molar-refractivity contribution < 1.29 is 4.74 Å². The van der Waals surface area contributed by atoms with E-state index in [9.17, 15) is 0 Å². The van der Waals surface area contributed by atoms with Gasteiger partial charge in [0.15, 0.2) is 0 Å². The number of aromatic nitrogens is 2. The summed E-state index contributed by atoms with van der Waals surface area (Å²) >= 11 is 7.63. The first-order valence-electron chi connectivity index (χ1n) is 7.33. The van der Waals surface area contributed by atoms with Crippen molar-refractivity contribution in [2.75, 3.05) is 13.7 Å². The molecule has 6 heteroatoms. The molecular formula is C17H18ClN3OS. The summed E-state index contributed by atoms with van der Waals surface area (Å²) in [6, 6.07) is 11.9. The summed E-state index contributed by atoms with van der Waals surface area (Å²) in [4.78, 5) is 1.19. The predicted molar refractivity (Wildman–Crippen MR) is 94.8 cm³/mol. The maximum absolute atomic E-state index is 5.93. The number of ether oxygens (including phenoxy) is 1. The average Bonchev–Trinajstić information content (AvgIpc) is 3.23. The van der Waals surface area contributed by atoms with E-state index in [1.807, 2.05) is 36.5 Å². The molecule has 0 aliphatic heterocycles. The molecule has 0 bridgehead atoms. The molecule has 2 aromatic heterocycles. The first-order chi connectivity index (χ1) is 11.3. The molecule has 23 heavy (non-hydrogen) atoms. The zero-order chi connectivity index (χ0) is 16.1. The second-order valence-corrected chi connectivity index (χ2v) is 6.54. The monoisotopic (exact) mass is 347 g/mol. The second kappa shape index (κ2) is 7.75. The Kier molecular flexibility index (Phi) is 5.46. The van der Waals surface area contributed by atoms with Crippen LogP contribution in [0, 0.1) is 0 Å². The molecule has 0 saturated carbocycles. The Morgan fingerprint density at radius 3 is 2.83 bits per heavy atom. The summed E-state index contributed by atoms with van der Waals surface area (Å²) in [5.41, 5.74) is 3.33. The maximum Gasteiger partial charge on any atom is 0.0945 e. The zero-order valence-electron chi connectivity index (χ0n) is 12.8. The van der Waals surface area contributed by atoms with E-state index in [-0.39, 0.29) is 6.10 Å². The molecule has 2 N–H and O–H groups in total. The SMILES string of the molecule is COC(CNCc1cn[nH]c1-c1cccs1)c1ccc(Cl)cc1. The summed E-state index contributed by atoms with van der Waals surface area (Å²) in [6.45, 7) is 1.45. The fourth-order valence-electron chi connectivity index (χ4n) is 2.43. The number of methoxy groups -OCH3 is 1. The quantitative estimate of drug-likeness (QED) is 0.671. The molecule has 0 aliphatic rings. The fraction of sp³-hybridized carbons (Fsp3) is 0.235. The molecule has 1 atom stereocenters. The molecular weight excluding hydrogens is 330 g/mol. The standard InChI is InChI=1S/C17H18ClN3OS/c1-22-15(12-4-6-14(18)7-5-12)11-19-9-13-10-20-21-17(13)16-3-2-8-23-16/h2-8,10,15,19H,9,11H2,1H3,(H,20,21). The van der Waals surface area contributed by atoms with Crippen molar-refractivity contribution >= 4 is 22.9 Å². The number of nitrogens with zero attached hydrogens (tertiary/aromatic N) is 1. The molecule has 0 amide bonds. The molecule has 0 aliphatic carbocycles. The van der Waals surface area contributed by atoms with Crippen LogP contribution >= 0.6 is 22.9 Å². The second-order valence-electron chi connectivity index (χ2n) is 5.15. The van der Waals surface area contributed by atoms with Crippen LogP contribution in [0.15, 0.2) is 48.0 Å². The van der Waals surface area contributed by atoms with E-state index in [2.05, 4.69) is 27.0 Å². The van der Waals surface area contributed by atoms with Gasteiger partial charge in [0, 0.05) is 30.8 Å². The third-order valence-electron chi connectivity index (χ3n) is 3.66. The normalized spacial score (nSPS) is 12.4. The highest BCUT2D eigenvalue weighted by Gasteiger charge is 2.12. The van der Waals surface area contributed by atoms with Crippen molar-refractivity contribution in [2.45, 2.75) is 12.6 Å². The van der Waals surface area contributed by atoms with E-state index < -0.39 is 0 Å². The van der Waals surface area contributed by atoms with Crippen LogP contribution < -0.4 is 5.32 Å². The van der Waals surface area contributed by atoms with E-state index in [1.54, 1.807) is 18.4 Å². The van der Waals surface area contributed by atoms with Gasteiger partial charge in [-0.05, 0) is 29.1 Å². The van der Waals surface area contributed by atoms with Crippen molar-refractivity contribution in [2.24, 2.45) is 0 Å². The largest absolute Gasteiger partial charge is 0.375 e. The number of rotatable bonds is 7. The van der Waals surface area contributed by atoms with E-state index >= 15 is 0 Å². The predicted octanol–water partition coefficient (Wildman–Crippen LogP) is 4.27. The lowest BCUT2D eigenvalue weighted by atomic mass is 10.1. The van der Waals surface area contributed by atoms with E-state index in [1.165, 1.54) is 4.88 Å². The number of nitrogens with one attached hydrogen (secondary N) is 2. The summed E-state index contributed by atoms with van der Waals surface area (Å²) < 4.78 is 5.57. The first-order valence-corrected chi connectivity index (χ1v) is 8.59. The Morgan fingerprint density at radius 2 is 2.13 bits per heavy atom. The van der Waals surface area contributed by atoms with Crippen LogP contribution in [0.3, 0.4) is 0 Å². The minimum absolute atomic E-state index is 0.00986. The lowest BCUT2D eigenvalue weighted by Gasteiger charge is -2.16. The highest BCUT2D eigenvalue weighted by molar-refractivity contribution is 7.13. The molecule has 0 spiro atoms. The Morgan fingerprint density at radius 1 is 1.30 bits per heavy atom. The lowest BCUT2D eigenvalue weighted by molar-refractivity contribution is 0.102. The van der Waals surface area contributed by atoms with Crippen LogP contribution in [-0.4, -0.2) is 23.9 Å². The third kappa shape index (κ3) is 4.00. The number of H-pyrrole nitrogens is 1. The van der Waals surface area contributed by atoms with Gasteiger partial charge in [-0.1, -0.05) is 29.8 Å². The number of aromatic amines is 1. The van der Waals surface area contributed by atoms with Gasteiger partial charge in [0.25, 0.3) is 0 Å². The number of halogens is 1. The van der Waals surface area contributed by atoms with Gasteiger partial charge in [0.2, 0.25) is 0 Å². The number of benzene rings is 1. The van der Waals surface area contributed by atoms with Gasteiger partial charge < -0.3 is 10.1 Å². The van der Waals surface area contributed by atoms with E-state index in [0.717, 1.165) is 28.4 Å². The Balaban J connectivity index is 1.61. The maximum atomic E-state index is 5.93. The van der Waals surface area contributed by atoms with Crippen molar-refractivity contribution in [3.8, 4) is 10.6 Å². The van der Waals surface area contributed by atoms with Crippen molar-refractivity contribution in [1.29, 1.82) is 0 Å². The fourth-order valence-corrected chi connectivity index (χ4v) is 3.31. The van der Waals surface area contributed by atoms with E-state index in [4.69, 9.17) is 16.3 Å². The summed E-state index contributed by atoms with van der Waals surface area (Å²) in [7, 11) is 1.72. The molecule has 0 saturated heterocycles. The number of thiophene rings is 1. The topological polar surface area (TPSA) is 49.9 Å². The molecule has 1 aromatic carbocycles. The minimum Gasteiger partial charge on any atom is -0.375 e. The zero-order valence-corrected chi connectivity index (χ0v) is 14.3. The first kappa shape index (κ1) is 16.2. The molecule has 0 radical (unpaired) electrons. The van der Waals surface area contributed by atoms with Crippen LogP contribution in [0.1, 0.15) is 17.2 Å². The van der Waals surface area contributed by atoms with Crippen LogP contribution in [-0.2, 0) is 11.3 Å². The summed E-state index contributed by atoms with van der Waals surface area (Å²) in [5.74, 6) is 0. The van der Waals surface area contributed by atoms with Crippen LogP contribution in [0.4, 0.5) is 0 Å². The number of hydrogen-bond donors (Lipinski definition) is 2. The van der Waals surface area contributed by atoms with Gasteiger partial charge in [0.1, 0.15) is 0 Å². The molecule has 3 aromatic rings. The Hall–Kier alpha value is -1.66. The van der Waals surface area contributed by atoms with Gasteiger partial charge >= 0.3 is 0 Å². The average molecular weight is 348 g/mol. The molecule has 2 heterocycles.